The molecule has 0 atom stereocenters. The summed E-state index contributed by atoms with van der Waals surface area (Å²) in [7, 11) is 0. The average Bonchev–Trinajstić information content (AvgIpc) is 2.21. The first-order chi connectivity index (χ1) is 7.58. The lowest BCUT2D eigenvalue weighted by Crippen LogP contribution is -2.14. The van der Waals surface area contributed by atoms with E-state index in [1.54, 1.807) is 12.1 Å². The van der Waals surface area contributed by atoms with Gasteiger partial charge in [-0.25, -0.2) is 4.39 Å². The van der Waals surface area contributed by atoms with Crippen LogP contribution in [0.5, 0.6) is 0 Å². The SMILES string of the molecule is CC(C)COCC(=O)Cc1ccc(F)cc1. The molecule has 0 N–H and O–H groups in total. The highest BCUT2D eigenvalue weighted by Gasteiger charge is 2.04. The molecule has 0 saturated heterocycles. The predicted molar refractivity (Wildman–Crippen MR) is 60.8 cm³/mol. The molecule has 0 aliphatic heterocycles. The summed E-state index contributed by atoms with van der Waals surface area (Å²) < 4.78 is 17.8. The molecule has 88 valence electrons. The van der Waals surface area contributed by atoms with Crippen molar-refractivity contribution < 1.29 is 13.9 Å². The van der Waals surface area contributed by atoms with Crippen LogP contribution in [0.2, 0.25) is 0 Å². The zero-order valence-electron chi connectivity index (χ0n) is 9.70. The van der Waals surface area contributed by atoms with Gasteiger partial charge in [-0.2, -0.15) is 0 Å². The molecule has 0 heterocycles. The summed E-state index contributed by atoms with van der Waals surface area (Å²) in [5.74, 6) is 0.165. The Morgan fingerprint density at radius 1 is 1.31 bits per heavy atom. The Bertz CT molecular complexity index is 330. The van der Waals surface area contributed by atoms with E-state index >= 15 is 0 Å². The molecule has 0 amide bonds. The Morgan fingerprint density at radius 2 is 1.94 bits per heavy atom. The Hall–Kier alpha value is -1.22. The number of hydrogen-bond acceptors (Lipinski definition) is 2. The summed E-state index contributed by atoms with van der Waals surface area (Å²) in [4.78, 5) is 11.5. The molecule has 2 nitrogen and oxygen atoms in total. The molecule has 1 rings (SSSR count). The number of Topliss-reactive ketones (excluding diaryl/α,β-unsaturated/α-hetero) is 1. The molecule has 0 bridgehead atoms. The Balaban J connectivity index is 2.31. The van der Waals surface area contributed by atoms with Gasteiger partial charge in [-0.3, -0.25) is 4.79 Å². The lowest BCUT2D eigenvalue weighted by atomic mass is 10.1. The molecule has 0 aliphatic carbocycles. The fourth-order valence-electron chi connectivity index (χ4n) is 1.29. The molecule has 3 heteroatoms. The molecule has 0 radical (unpaired) electrons. The summed E-state index contributed by atoms with van der Waals surface area (Å²) in [5.41, 5.74) is 0.819. The van der Waals surface area contributed by atoms with Gasteiger partial charge in [0.05, 0.1) is 0 Å². The number of benzene rings is 1. The van der Waals surface area contributed by atoms with E-state index in [0.29, 0.717) is 18.9 Å². The first-order valence-electron chi connectivity index (χ1n) is 5.42. The van der Waals surface area contributed by atoms with Gasteiger partial charge in [-0.05, 0) is 23.6 Å². The van der Waals surface area contributed by atoms with E-state index in [4.69, 9.17) is 4.74 Å². The molecule has 0 saturated carbocycles. The van der Waals surface area contributed by atoms with Gasteiger partial charge in [-0.15, -0.1) is 0 Å². The van der Waals surface area contributed by atoms with Crippen molar-refractivity contribution in [3.05, 3.63) is 35.6 Å². The van der Waals surface area contributed by atoms with Crippen molar-refractivity contribution in [3.8, 4) is 0 Å². The summed E-state index contributed by atoms with van der Waals surface area (Å²) in [6.07, 6.45) is 0.304. The third-order valence-corrected chi connectivity index (χ3v) is 2.03. The number of carbonyl (C=O) groups excluding carboxylic acids is 1. The topological polar surface area (TPSA) is 26.3 Å². The first kappa shape index (κ1) is 12.8. The number of carbonyl (C=O) groups is 1. The molecule has 1 aromatic rings. The quantitative estimate of drug-likeness (QED) is 0.742. The Morgan fingerprint density at radius 3 is 2.50 bits per heavy atom. The van der Waals surface area contributed by atoms with Crippen LogP contribution in [-0.4, -0.2) is 19.0 Å². The summed E-state index contributed by atoms with van der Waals surface area (Å²) >= 11 is 0. The third kappa shape index (κ3) is 5.03. The zero-order valence-corrected chi connectivity index (χ0v) is 9.70. The van der Waals surface area contributed by atoms with Gasteiger partial charge >= 0.3 is 0 Å². The molecular weight excluding hydrogens is 207 g/mol. The molecule has 0 aromatic heterocycles. The van der Waals surface area contributed by atoms with E-state index in [-0.39, 0.29) is 18.2 Å². The second kappa shape index (κ2) is 6.38. The van der Waals surface area contributed by atoms with Crippen LogP contribution in [0.4, 0.5) is 4.39 Å². The molecule has 1 aromatic carbocycles. The number of ketones is 1. The monoisotopic (exact) mass is 224 g/mol. The van der Waals surface area contributed by atoms with E-state index in [0.717, 1.165) is 5.56 Å². The van der Waals surface area contributed by atoms with Crippen LogP contribution in [0.1, 0.15) is 19.4 Å². The van der Waals surface area contributed by atoms with Crippen LogP contribution in [-0.2, 0) is 16.0 Å². The molecule has 0 aliphatic rings. The average molecular weight is 224 g/mol. The van der Waals surface area contributed by atoms with Gasteiger partial charge in [-0.1, -0.05) is 26.0 Å². The Kier molecular flexibility index (Phi) is 5.12. The summed E-state index contributed by atoms with van der Waals surface area (Å²) in [5, 5.41) is 0. The second-order valence-electron chi connectivity index (χ2n) is 4.25. The van der Waals surface area contributed by atoms with Gasteiger partial charge in [0.15, 0.2) is 5.78 Å². The van der Waals surface area contributed by atoms with Crippen LogP contribution in [0.25, 0.3) is 0 Å². The van der Waals surface area contributed by atoms with Crippen LogP contribution in [0.3, 0.4) is 0 Å². The standard InChI is InChI=1S/C13H17FO2/c1-10(2)8-16-9-13(15)7-11-3-5-12(14)6-4-11/h3-6,10H,7-9H2,1-2H3. The Labute approximate surface area is 95.4 Å². The lowest BCUT2D eigenvalue weighted by Gasteiger charge is -2.06. The van der Waals surface area contributed by atoms with Crippen molar-refractivity contribution in [2.75, 3.05) is 13.2 Å². The third-order valence-electron chi connectivity index (χ3n) is 2.03. The molecule has 0 spiro atoms. The number of rotatable bonds is 6. The predicted octanol–water partition coefficient (Wildman–Crippen LogP) is 2.61. The van der Waals surface area contributed by atoms with Gasteiger partial charge in [0.25, 0.3) is 0 Å². The lowest BCUT2D eigenvalue weighted by molar-refractivity contribution is -0.123. The molecule has 0 unspecified atom stereocenters. The van der Waals surface area contributed by atoms with Crippen LogP contribution < -0.4 is 0 Å². The highest BCUT2D eigenvalue weighted by atomic mass is 19.1. The highest BCUT2D eigenvalue weighted by molar-refractivity contribution is 5.82. The van der Waals surface area contributed by atoms with Gasteiger partial charge < -0.3 is 4.74 Å². The minimum absolute atomic E-state index is 0.0206. The van der Waals surface area contributed by atoms with E-state index in [1.165, 1.54) is 12.1 Å². The van der Waals surface area contributed by atoms with Gasteiger partial charge in [0.1, 0.15) is 12.4 Å². The normalized spacial score (nSPS) is 10.8. The molecule has 0 fully saturated rings. The molecular formula is C13H17FO2. The largest absolute Gasteiger partial charge is 0.373 e. The van der Waals surface area contributed by atoms with Gasteiger partial charge in [0.2, 0.25) is 0 Å². The zero-order chi connectivity index (χ0) is 12.0. The van der Waals surface area contributed by atoms with Crippen molar-refractivity contribution >= 4 is 5.78 Å². The van der Waals surface area contributed by atoms with E-state index < -0.39 is 0 Å². The van der Waals surface area contributed by atoms with E-state index in [9.17, 15) is 9.18 Å². The number of ether oxygens (including phenoxy) is 1. The van der Waals surface area contributed by atoms with Crippen molar-refractivity contribution in [2.24, 2.45) is 5.92 Å². The van der Waals surface area contributed by atoms with Crippen molar-refractivity contribution in [3.63, 3.8) is 0 Å². The fraction of sp³-hybridized carbons (Fsp3) is 0.462. The van der Waals surface area contributed by atoms with Crippen LogP contribution in [0, 0.1) is 11.7 Å². The van der Waals surface area contributed by atoms with Crippen LogP contribution >= 0.6 is 0 Å². The number of hydrogen-bond donors (Lipinski definition) is 0. The maximum Gasteiger partial charge on any atom is 0.162 e. The summed E-state index contributed by atoms with van der Waals surface area (Å²) in [6, 6.07) is 5.96. The minimum Gasteiger partial charge on any atom is -0.373 e. The second-order valence-corrected chi connectivity index (χ2v) is 4.25. The minimum atomic E-state index is -0.285. The van der Waals surface area contributed by atoms with Crippen molar-refractivity contribution in [1.29, 1.82) is 0 Å². The summed E-state index contributed by atoms with van der Waals surface area (Å²) in [6.45, 7) is 4.79. The maximum atomic E-state index is 12.6. The van der Waals surface area contributed by atoms with Crippen molar-refractivity contribution in [1.82, 2.24) is 0 Å². The fourth-order valence-corrected chi connectivity index (χ4v) is 1.29. The van der Waals surface area contributed by atoms with Crippen molar-refractivity contribution in [2.45, 2.75) is 20.3 Å². The molecule has 16 heavy (non-hydrogen) atoms. The highest BCUT2D eigenvalue weighted by Crippen LogP contribution is 2.04. The number of halogens is 1. The first-order valence-corrected chi connectivity index (χ1v) is 5.42. The maximum absolute atomic E-state index is 12.6. The van der Waals surface area contributed by atoms with E-state index in [2.05, 4.69) is 0 Å². The van der Waals surface area contributed by atoms with Gasteiger partial charge in [0, 0.05) is 13.0 Å². The van der Waals surface area contributed by atoms with E-state index in [1.807, 2.05) is 13.8 Å². The smallest absolute Gasteiger partial charge is 0.162 e. The van der Waals surface area contributed by atoms with Crippen LogP contribution in [0.15, 0.2) is 24.3 Å².